The van der Waals surface area contributed by atoms with E-state index in [0.717, 1.165) is 4.47 Å². The van der Waals surface area contributed by atoms with E-state index >= 15 is 0 Å². The maximum atomic E-state index is 12.6. The highest BCUT2D eigenvalue weighted by molar-refractivity contribution is 9.10. The van der Waals surface area contributed by atoms with Crippen LogP contribution in [0.5, 0.6) is 5.75 Å². The number of nitrogens with one attached hydrogen (secondary N) is 1. The van der Waals surface area contributed by atoms with Gasteiger partial charge in [-0.3, -0.25) is 14.9 Å². The quantitative estimate of drug-likeness (QED) is 0.633. The van der Waals surface area contributed by atoms with Crippen LogP contribution < -0.4 is 10.3 Å². The lowest BCUT2D eigenvalue weighted by molar-refractivity contribution is 0.0205. The molecule has 0 saturated carbocycles. The molecule has 0 aliphatic carbocycles. The first-order valence-corrected chi connectivity index (χ1v) is 8.81. The van der Waals surface area contributed by atoms with E-state index in [9.17, 15) is 9.59 Å². The predicted octanol–water partition coefficient (Wildman–Crippen LogP) is 3.70. The van der Waals surface area contributed by atoms with Crippen LogP contribution >= 0.6 is 15.9 Å². The van der Waals surface area contributed by atoms with Crippen LogP contribution in [0.1, 0.15) is 20.8 Å². The minimum atomic E-state index is -0.821. The van der Waals surface area contributed by atoms with Gasteiger partial charge in [0.1, 0.15) is 5.60 Å². The van der Waals surface area contributed by atoms with Gasteiger partial charge in [0.2, 0.25) is 0 Å². The molecular formula is C18H17BrN4O4. The Bertz CT molecular complexity index is 1020. The smallest absolute Gasteiger partial charge is 0.428 e. The molecule has 3 rings (SSSR count). The zero-order valence-electron chi connectivity index (χ0n) is 14.9. The second-order valence-electron chi connectivity index (χ2n) is 6.64. The largest absolute Gasteiger partial charge is 0.514 e. The van der Waals surface area contributed by atoms with Crippen LogP contribution in [0.2, 0.25) is 0 Å². The summed E-state index contributed by atoms with van der Waals surface area (Å²) in [6.07, 6.45) is 5.34. The van der Waals surface area contributed by atoms with Crippen molar-refractivity contribution in [1.82, 2.24) is 19.7 Å². The molecule has 3 aromatic rings. The van der Waals surface area contributed by atoms with Crippen LogP contribution in [0.4, 0.5) is 4.79 Å². The van der Waals surface area contributed by atoms with E-state index < -0.39 is 11.8 Å². The van der Waals surface area contributed by atoms with E-state index in [1.165, 1.54) is 16.9 Å². The molecule has 0 aliphatic rings. The number of halogens is 1. The molecule has 0 unspecified atom stereocenters. The zero-order valence-corrected chi connectivity index (χ0v) is 16.5. The number of nitrogens with zero attached hydrogens (tertiary/aromatic N) is 3. The van der Waals surface area contributed by atoms with E-state index in [1.807, 2.05) is 0 Å². The van der Waals surface area contributed by atoms with Crippen molar-refractivity contribution in [2.45, 2.75) is 26.4 Å². The molecule has 3 aromatic heterocycles. The fraction of sp³-hybridized carbons (Fsp3) is 0.222. The molecule has 0 radical (unpaired) electrons. The summed E-state index contributed by atoms with van der Waals surface area (Å²) < 4.78 is 12.2. The molecule has 9 heteroatoms. The van der Waals surface area contributed by atoms with Crippen molar-refractivity contribution in [2.24, 2.45) is 0 Å². The third kappa shape index (κ3) is 4.62. The number of aromatic amines is 1. The van der Waals surface area contributed by atoms with Gasteiger partial charge in [-0.1, -0.05) is 0 Å². The van der Waals surface area contributed by atoms with Crippen LogP contribution in [0.15, 0.2) is 52.3 Å². The first kappa shape index (κ1) is 18.8. The third-order valence-corrected chi connectivity index (χ3v) is 3.76. The maximum Gasteiger partial charge on any atom is 0.514 e. The highest BCUT2D eigenvalue weighted by atomic mass is 79.9. The molecule has 0 aliphatic heterocycles. The van der Waals surface area contributed by atoms with Crippen LogP contribution in [0, 0.1) is 0 Å². The van der Waals surface area contributed by atoms with Crippen LogP contribution in [-0.2, 0) is 4.74 Å². The summed E-state index contributed by atoms with van der Waals surface area (Å²) in [5.74, 6) is 0.565. The number of H-pyrrole nitrogens is 1. The number of rotatable bonds is 3. The van der Waals surface area contributed by atoms with Gasteiger partial charge in [0.25, 0.3) is 5.56 Å². The maximum absolute atomic E-state index is 12.6. The number of carbonyl (C=O) groups excluding carboxylic acids is 1. The first-order chi connectivity index (χ1) is 12.7. The summed E-state index contributed by atoms with van der Waals surface area (Å²) in [6, 6.07) is 4.88. The molecule has 1 N–H and O–H groups in total. The second kappa shape index (κ2) is 7.36. The summed E-state index contributed by atoms with van der Waals surface area (Å²) in [5, 5.41) is 2.87. The normalized spacial score (nSPS) is 11.3. The monoisotopic (exact) mass is 432 g/mol. The molecule has 140 valence electrons. The SMILES string of the molecule is CC(C)(C)OC(=O)Oc1ccc(-n2[nH]cc(-c3cncc(Br)c3)c2=O)nc1. The Morgan fingerprint density at radius 2 is 2.00 bits per heavy atom. The minimum Gasteiger partial charge on any atom is -0.428 e. The summed E-state index contributed by atoms with van der Waals surface area (Å²) in [4.78, 5) is 32.5. The first-order valence-electron chi connectivity index (χ1n) is 8.01. The average molecular weight is 433 g/mol. The summed E-state index contributed by atoms with van der Waals surface area (Å²) in [7, 11) is 0. The second-order valence-corrected chi connectivity index (χ2v) is 7.55. The van der Waals surface area contributed by atoms with Crippen molar-refractivity contribution < 1.29 is 14.3 Å². The van der Waals surface area contributed by atoms with Gasteiger partial charge in [-0.15, -0.1) is 0 Å². The van der Waals surface area contributed by atoms with Crippen molar-refractivity contribution in [3.63, 3.8) is 0 Å². The van der Waals surface area contributed by atoms with Gasteiger partial charge in [0.05, 0.1) is 11.8 Å². The van der Waals surface area contributed by atoms with E-state index in [2.05, 4.69) is 31.0 Å². The summed E-state index contributed by atoms with van der Waals surface area (Å²) in [6.45, 7) is 5.23. The molecule has 0 amide bonds. The highest BCUT2D eigenvalue weighted by Gasteiger charge is 2.18. The third-order valence-electron chi connectivity index (χ3n) is 3.33. The van der Waals surface area contributed by atoms with Crippen LogP contribution in [0.3, 0.4) is 0 Å². The van der Waals surface area contributed by atoms with Gasteiger partial charge in [-0.2, -0.15) is 0 Å². The topological polar surface area (TPSA) is 99.1 Å². The van der Waals surface area contributed by atoms with Gasteiger partial charge in [-0.05, 0) is 54.9 Å². The van der Waals surface area contributed by atoms with Gasteiger partial charge < -0.3 is 9.47 Å². The lowest BCUT2D eigenvalue weighted by Gasteiger charge is -2.18. The van der Waals surface area contributed by atoms with Crippen molar-refractivity contribution in [3.8, 4) is 22.7 Å². The number of ether oxygens (including phenoxy) is 2. The number of hydrogen-bond donors (Lipinski definition) is 1. The number of aromatic nitrogens is 4. The highest BCUT2D eigenvalue weighted by Crippen LogP contribution is 2.19. The molecular weight excluding hydrogens is 416 g/mol. The van der Waals surface area contributed by atoms with Gasteiger partial charge in [-0.25, -0.2) is 14.5 Å². The predicted molar refractivity (Wildman–Crippen MR) is 102 cm³/mol. The molecule has 0 spiro atoms. The molecule has 27 heavy (non-hydrogen) atoms. The summed E-state index contributed by atoms with van der Waals surface area (Å²) >= 11 is 3.34. The average Bonchev–Trinajstić information content (AvgIpc) is 2.95. The van der Waals surface area contributed by atoms with Gasteiger partial charge in [0.15, 0.2) is 11.6 Å². The minimum absolute atomic E-state index is 0.212. The molecule has 3 heterocycles. The molecule has 0 saturated heterocycles. The van der Waals surface area contributed by atoms with Crippen LogP contribution in [-0.4, -0.2) is 31.5 Å². The van der Waals surface area contributed by atoms with Crippen molar-refractivity contribution in [1.29, 1.82) is 0 Å². The van der Waals surface area contributed by atoms with E-state index in [0.29, 0.717) is 16.9 Å². The Kier molecular flexibility index (Phi) is 5.13. The Morgan fingerprint density at radius 1 is 1.22 bits per heavy atom. The van der Waals surface area contributed by atoms with Gasteiger partial charge in [0, 0.05) is 28.6 Å². The fourth-order valence-corrected chi connectivity index (χ4v) is 2.60. The Balaban J connectivity index is 1.80. The van der Waals surface area contributed by atoms with Crippen molar-refractivity contribution in [2.75, 3.05) is 0 Å². The Labute approximate surface area is 163 Å². The molecule has 0 bridgehead atoms. The zero-order chi connectivity index (χ0) is 19.6. The van der Waals surface area contributed by atoms with Crippen molar-refractivity contribution >= 4 is 22.1 Å². The number of pyridine rings is 2. The fourth-order valence-electron chi connectivity index (χ4n) is 2.24. The standard InChI is InChI=1S/C18H17BrN4O4/c1-18(2,3)27-17(25)26-13-4-5-15(21-9-13)23-16(24)14(10-22-23)11-6-12(19)8-20-7-11/h4-10,22H,1-3H3. The van der Waals surface area contributed by atoms with Crippen LogP contribution in [0.25, 0.3) is 16.9 Å². The lowest BCUT2D eigenvalue weighted by atomic mass is 10.2. The van der Waals surface area contributed by atoms with Gasteiger partial charge >= 0.3 is 6.16 Å². The molecule has 0 fully saturated rings. The summed E-state index contributed by atoms with van der Waals surface area (Å²) in [5.41, 5.74) is 0.205. The number of carbonyl (C=O) groups is 1. The Hall–Kier alpha value is -2.94. The number of hydrogen-bond acceptors (Lipinski definition) is 6. The molecule has 0 atom stereocenters. The van der Waals surface area contributed by atoms with E-state index in [4.69, 9.17) is 9.47 Å². The van der Waals surface area contributed by atoms with E-state index in [-0.39, 0.29) is 11.3 Å². The Morgan fingerprint density at radius 3 is 2.63 bits per heavy atom. The van der Waals surface area contributed by atoms with E-state index in [1.54, 1.807) is 51.5 Å². The molecule has 8 nitrogen and oxygen atoms in total. The molecule has 0 aromatic carbocycles. The lowest BCUT2D eigenvalue weighted by Crippen LogP contribution is -2.26. The van der Waals surface area contributed by atoms with Crippen molar-refractivity contribution in [3.05, 3.63) is 57.8 Å².